The molecular formula is C18H20ClNO3. The van der Waals surface area contributed by atoms with Gasteiger partial charge in [-0.3, -0.25) is 4.79 Å². The quantitative estimate of drug-likeness (QED) is 0.811. The van der Waals surface area contributed by atoms with Crippen LogP contribution in [0.2, 0.25) is 5.02 Å². The van der Waals surface area contributed by atoms with Crippen molar-refractivity contribution >= 4 is 17.5 Å². The molecule has 23 heavy (non-hydrogen) atoms. The minimum absolute atomic E-state index is 0.0141. The Hall–Kier alpha value is -2.20. The monoisotopic (exact) mass is 333 g/mol. The van der Waals surface area contributed by atoms with Crippen molar-refractivity contribution in [3.8, 4) is 11.5 Å². The molecule has 0 saturated heterocycles. The first-order chi connectivity index (χ1) is 11.0. The molecule has 0 aromatic heterocycles. The lowest BCUT2D eigenvalue weighted by atomic mass is 10.1. The molecule has 2 rings (SSSR count). The molecule has 2 aromatic carbocycles. The lowest BCUT2D eigenvalue weighted by molar-refractivity contribution is -0.129. The Kier molecular flexibility index (Phi) is 5.88. The van der Waals surface area contributed by atoms with Gasteiger partial charge in [0.05, 0.1) is 20.6 Å². The highest BCUT2D eigenvalue weighted by atomic mass is 35.5. The van der Waals surface area contributed by atoms with Crippen LogP contribution in [-0.4, -0.2) is 32.1 Å². The highest BCUT2D eigenvalue weighted by molar-refractivity contribution is 6.30. The molecule has 4 nitrogen and oxygen atoms in total. The van der Waals surface area contributed by atoms with Crippen LogP contribution in [0.15, 0.2) is 42.5 Å². The largest absolute Gasteiger partial charge is 0.497 e. The number of likely N-dealkylation sites (N-methyl/N-ethyl adjacent to an activating group) is 1. The summed E-state index contributed by atoms with van der Waals surface area (Å²) in [6.45, 7) is 0.437. The summed E-state index contributed by atoms with van der Waals surface area (Å²) in [5.74, 6) is 1.48. The Labute approximate surface area is 141 Å². The molecule has 0 unspecified atom stereocenters. The van der Waals surface area contributed by atoms with E-state index in [0.717, 1.165) is 22.6 Å². The van der Waals surface area contributed by atoms with Crippen LogP contribution in [0.3, 0.4) is 0 Å². The number of methoxy groups -OCH3 is 2. The summed E-state index contributed by atoms with van der Waals surface area (Å²) in [6.07, 6.45) is 0.316. The first kappa shape index (κ1) is 17.2. The predicted molar refractivity (Wildman–Crippen MR) is 91.2 cm³/mol. The van der Waals surface area contributed by atoms with E-state index in [1.54, 1.807) is 38.3 Å². The lowest BCUT2D eigenvalue weighted by Crippen LogP contribution is -2.27. The molecule has 0 aliphatic carbocycles. The van der Waals surface area contributed by atoms with Gasteiger partial charge in [-0.15, -0.1) is 0 Å². The predicted octanol–water partition coefficient (Wildman–Crippen LogP) is 3.56. The molecule has 1 amide bonds. The van der Waals surface area contributed by atoms with E-state index < -0.39 is 0 Å². The molecule has 0 aliphatic heterocycles. The third kappa shape index (κ3) is 4.63. The Morgan fingerprint density at radius 2 is 1.91 bits per heavy atom. The summed E-state index contributed by atoms with van der Waals surface area (Å²) >= 11 is 6.03. The number of hydrogen-bond acceptors (Lipinski definition) is 3. The molecule has 0 spiro atoms. The smallest absolute Gasteiger partial charge is 0.227 e. The van der Waals surface area contributed by atoms with Crippen molar-refractivity contribution in [2.24, 2.45) is 0 Å². The van der Waals surface area contributed by atoms with Gasteiger partial charge in [-0.1, -0.05) is 23.7 Å². The van der Waals surface area contributed by atoms with Gasteiger partial charge < -0.3 is 14.4 Å². The maximum atomic E-state index is 12.4. The van der Waals surface area contributed by atoms with Crippen LogP contribution in [-0.2, 0) is 17.8 Å². The molecule has 0 bridgehead atoms. The summed E-state index contributed by atoms with van der Waals surface area (Å²) < 4.78 is 10.5. The molecule has 0 aliphatic rings. The van der Waals surface area contributed by atoms with Crippen LogP contribution in [0, 0.1) is 0 Å². The number of rotatable bonds is 6. The highest BCUT2D eigenvalue weighted by Gasteiger charge is 2.13. The van der Waals surface area contributed by atoms with Crippen molar-refractivity contribution in [1.82, 2.24) is 4.90 Å². The second kappa shape index (κ2) is 7.88. The van der Waals surface area contributed by atoms with Gasteiger partial charge in [0.15, 0.2) is 0 Å². The average Bonchev–Trinajstić information content (AvgIpc) is 2.55. The number of halogens is 1. The van der Waals surface area contributed by atoms with Gasteiger partial charge in [0, 0.05) is 24.2 Å². The van der Waals surface area contributed by atoms with Gasteiger partial charge in [-0.25, -0.2) is 0 Å². The highest BCUT2D eigenvalue weighted by Crippen LogP contribution is 2.24. The zero-order valence-electron chi connectivity index (χ0n) is 13.5. The normalized spacial score (nSPS) is 10.3. The van der Waals surface area contributed by atoms with Crippen LogP contribution in [0.5, 0.6) is 11.5 Å². The van der Waals surface area contributed by atoms with E-state index in [9.17, 15) is 4.79 Å². The molecular weight excluding hydrogens is 314 g/mol. The average molecular weight is 334 g/mol. The Bertz CT molecular complexity index is 688. The molecule has 0 radical (unpaired) electrons. The second-order valence-corrected chi connectivity index (χ2v) is 5.67. The summed E-state index contributed by atoms with van der Waals surface area (Å²) in [7, 11) is 4.98. The summed E-state index contributed by atoms with van der Waals surface area (Å²) in [6, 6.07) is 12.9. The van der Waals surface area contributed by atoms with Gasteiger partial charge in [0.25, 0.3) is 0 Å². The van der Waals surface area contributed by atoms with Crippen LogP contribution in [0.4, 0.5) is 0 Å². The van der Waals surface area contributed by atoms with E-state index in [4.69, 9.17) is 21.1 Å². The van der Waals surface area contributed by atoms with Gasteiger partial charge in [0.1, 0.15) is 11.5 Å². The van der Waals surface area contributed by atoms with Crippen molar-refractivity contribution in [3.05, 3.63) is 58.6 Å². The number of carbonyl (C=O) groups excluding carboxylic acids is 1. The SMILES string of the molecule is COc1cccc(CC(=O)N(C)Cc2cc(Cl)ccc2OC)c1. The Morgan fingerprint density at radius 3 is 2.61 bits per heavy atom. The van der Waals surface area contributed by atoms with Gasteiger partial charge in [-0.2, -0.15) is 0 Å². The fraction of sp³-hybridized carbons (Fsp3) is 0.278. The summed E-state index contributed by atoms with van der Waals surface area (Å²) in [5, 5.41) is 0.620. The third-order valence-electron chi connectivity index (χ3n) is 3.57. The molecule has 0 fully saturated rings. The fourth-order valence-corrected chi connectivity index (χ4v) is 2.50. The van der Waals surface area contributed by atoms with Crippen molar-refractivity contribution in [3.63, 3.8) is 0 Å². The molecule has 0 N–H and O–H groups in total. The number of benzene rings is 2. The van der Waals surface area contributed by atoms with Gasteiger partial charge >= 0.3 is 0 Å². The molecule has 0 atom stereocenters. The van der Waals surface area contributed by atoms with E-state index in [-0.39, 0.29) is 5.91 Å². The maximum Gasteiger partial charge on any atom is 0.227 e. The first-order valence-electron chi connectivity index (χ1n) is 7.22. The van der Waals surface area contributed by atoms with Crippen molar-refractivity contribution in [2.45, 2.75) is 13.0 Å². The Morgan fingerprint density at radius 1 is 1.13 bits per heavy atom. The number of carbonyl (C=O) groups is 1. The number of hydrogen-bond donors (Lipinski definition) is 0. The standard InChI is InChI=1S/C18H20ClNO3/c1-20(12-14-11-15(19)7-8-17(14)23-3)18(21)10-13-5-4-6-16(9-13)22-2/h4-9,11H,10,12H2,1-3H3. The lowest BCUT2D eigenvalue weighted by Gasteiger charge is -2.19. The number of amides is 1. The van der Waals surface area contributed by atoms with E-state index in [0.29, 0.717) is 18.0 Å². The summed E-state index contributed by atoms with van der Waals surface area (Å²) in [4.78, 5) is 14.1. The molecule has 122 valence electrons. The number of ether oxygens (including phenoxy) is 2. The second-order valence-electron chi connectivity index (χ2n) is 5.23. The summed E-state index contributed by atoms with van der Waals surface area (Å²) in [5.41, 5.74) is 1.79. The van der Waals surface area contributed by atoms with Crippen molar-refractivity contribution in [1.29, 1.82) is 0 Å². The maximum absolute atomic E-state index is 12.4. The first-order valence-corrected chi connectivity index (χ1v) is 7.60. The molecule has 2 aromatic rings. The zero-order valence-corrected chi connectivity index (χ0v) is 14.3. The van der Waals surface area contributed by atoms with E-state index in [1.807, 2.05) is 30.3 Å². The van der Waals surface area contributed by atoms with Gasteiger partial charge in [-0.05, 0) is 35.9 Å². The molecule has 0 heterocycles. The molecule has 0 saturated carbocycles. The third-order valence-corrected chi connectivity index (χ3v) is 3.80. The van der Waals surface area contributed by atoms with E-state index in [1.165, 1.54) is 0 Å². The minimum atomic E-state index is 0.0141. The fourth-order valence-electron chi connectivity index (χ4n) is 2.31. The van der Waals surface area contributed by atoms with Crippen LogP contribution in [0.1, 0.15) is 11.1 Å². The van der Waals surface area contributed by atoms with Crippen LogP contribution in [0.25, 0.3) is 0 Å². The minimum Gasteiger partial charge on any atom is -0.497 e. The Balaban J connectivity index is 2.06. The topological polar surface area (TPSA) is 38.8 Å². The van der Waals surface area contributed by atoms with Crippen LogP contribution >= 0.6 is 11.6 Å². The zero-order chi connectivity index (χ0) is 16.8. The van der Waals surface area contributed by atoms with E-state index >= 15 is 0 Å². The molecule has 5 heteroatoms. The van der Waals surface area contributed by atoms with E-state index in [2.05, 4.69) is 0 Å². The van der Waals surface area contributed by atoms with Crippen LogP contribution < -0.4 is 9.47 Å². The number of nitrogens with zero attached hydrogens (tertiary/aromatic N) is 1. The van der Waals surface area contributed by atoms with Gasteiger partial charge in [0.2, 0.25) is 5.91 Å². The van der Waals surface area contributed by atoms with Crippen molar-refractivity contribution in [2.75, 3.05) is 21.3 Å². The van der Waals surface area contributed by atoms with Crippen molar-refractivity contribution < 1.29 is 14.3 Å².